The number of nitro benzene ring substituents is 1. The standard InChI is InChI=1S/C26H38N4O5/c1-18(2)24-15-21(19(3)14-22(24)17-29(10-12-33-4)11-13-34-5)16-25-27-28-26(35-25)20-6-8-23(9-7-20)30(31)32/h6-9,14,18,21-22,24H,10-13,15-17H2,1-5H3/t21-,22-,24-/m0/s1. The Balaban J connectivity index is 1.70. The van der Waals surface area contributed by atoms with Crippen LogP contribution in [0.25, 0.3) is 11.5 Å². The molecule has 3 rings (SSSR count). The van der Waals surface area contributed by atoms with E-state index in [1.165, 1.54) is 17.7 Å². The van der Waals surface area contributed by atoms with Crippen LogP contribution in [-0.2, 0) is 15.9 Å². The van der Waals surface area contributed by atoms with E-state index in [1.807, 2.05) is 0 Å². The molecule has 0 saturated heterocycles. The molecule has 0 aliphatic heterocycles. The summed E-state index contributed by atoms with van der Waals surface area (Å²) in [6, 6.07) is 6.17. The molecule has 3 atom stereocenters. The fourth-order valence-electron chi connectivity index (χ4n) is 4.91. The number of nitrogens with zero attached hydrogens (tertiary/aromatic N) is 4. The van der Waals surface area contributed by atoms with Crippen molar-refractivity contribution < 1.29 is 18.8 Å². The Kier molecular flexibility index (Phi) is 9.94. The average molecular weight is 487 g/mol. The maximum atomic E-state index is 10.9. The minimum atomic E-state index is -0.423. The van der Waals surface area contributed by atoms with Crippen molar-refractivity contribution in [1.82, 2.24) is 15.1 Å². The lowest BCUT2D eigenvalue weighted by molar-refractivity contribution is -0.384. The molecule has 9 heteroatoms. The van der Waals surface area contributed by atoms with Gasteiger partial charge in [-0.05, 0) is 49.1 Å². The predicted octanol–water partition coefficient (Wildman–Crippen LogP) is 4.64. The first-order valence-electron chi connectivity index (χ1n) is 12.3. The van der Waals surface area contributed by atoms with Crippen molar-refractivity contribution in [2.24, 2.45) is 23.7 Å². The number of benzene rings is 1. The summed E-state index contributed by atoms with van der Waals surface area (Å²) in [5, 5.41) is 19.3. The van der Waals surface area contributed by atoms with Crippen LogP contribution in [0.3, 0.4) is 0 Å². The highest BCUT2D eigenvalue weighted by Gasteiger charge is 2.33. The van der Waals surface area contributed by atoms with Gasteiger partial charge in [-0.15, -0.1) is 10.2 Å². The van der Waals surface area contributed by atoms with Crippen LogP contribution in [0.5, 0.6) is 0 Å². The Labute approximate surface area is 207 Å². The second-order valence-electron chi connectivity index (χ2n) is 9.71. The van der Waals surface area contributed by atoms with Gasteiger partial charge in [-0.3, -0.25) is 15.0 Å². The number of rotatable bonds is 13. The van der Waals surface area contributed by atoms with Crippen LogP contribution in [0.15, 0.2) is 40.3 Å². The largest absolute Gasteiger partial charge is 0.421 e. The predicted molar refractivity (Wildman–Crippen MR) is 134 cm³/mol. The maximum absolute atomic E-state index is 10.9. The fourth-order valence-corrected chi connectivity index (χ4v) is 4.91. The molecule has 35 heavy (non-hydrogen) atoms. The Morgan fingerprint density at radius 2 is 1.80 bits per heavy atom. The van der Waals surface area contributed by atoms with E-state index in [1.54, 1.807) is 26.4 Å². The topological polar surface area (TPSA) is 104 Å². The van der Waals surface area contributed by atoms with Crippen molar-refractivity contribution in [3.05, 3.63) is 51.9 Å². The van der Waals surface area contributed by atoms with Gasteiger partial charge < -0.3 is 13.9 Å². The SMILES string of the molecule is COCCN(CCOC)C[C@@H]1C=C(C)[C@H](Cc2nnc(-c3ccc([N+](=O)[O-])cc3)o2)C[C@H]1C(C)C. The first-order valence-corrected chi connectivity index (χ1v) is 12.3. The number of nitro groups is 1. The highest BCUT2D eigenvalue weighted by molar-refractivity contribution is 5.55. The van der Waals surface area contributed by atoms with E-state index < -0.39 is 4.92 Å². The number of methoxy groups -OCH3 is 2. The lowest BCUT2D eigenvalue weighted by atomic mass is 9.69. The van der Waals surface area contributed by atoms with E-state index in [0.29, 0.717) is 60.7 Å². The second kappa shape index (κ2) is 12.9. The molecule has 9 nitrogen and oxygen atoms in total. The van der Waals surface area contributed by atoms with E-state index in [2.05, 4.69) is 41.9 Å². The van der Waals surface area contributed by atoms with Crippen LogP contribution in [-0.4, -0.2) is 67.1 Å². The monoisotopic (exact) mass is 486 g/mol. The van der Waals surface area contributed by atoms with Crippen LogP contribution in [0.1, 0.15) is 33.1 Å². The molecule has 1 aromatic carbocycles. The number of allylic oxidation sites excluding steroid dienone is 1. The molecular weight excluding hydrogens is 448 g/mol. The van der Waals surface area contributed by atoms with Gasteiger partial charge in [-0.1, -0.05) is 25.5 Å². The Morgan fingerprint density at radius 3 is 2.37 bits per heavy atom. The summed E-state index contributed by atoms with van der Waals surface area (Å²) in [5.41, 5.74) is 2.08. The number of hydrogen-bond acceptors (Lipinski definition) is 8. The summed E-state index contributed by atoms with van der Waals surface area (Å²) in [5.74, 6) is 2.90. The summed E-state index contributed by atoms with van der Waals surface area (Å²) < 4.78 is 16.6. The number of hydrogen-bond donors (Lipinski definition) is 0. The molecule has 1 aliphatic rings. The summed E-state index contributed by atoms with van der Waals surface area (Å²) in [4.78, 5) is 12.9. The zero-order chi connectivity index (χ0) is 25.4. The van der Waals surface area contributed by atoms with E-state index in [0.717, 1.165) is 26.1 Å². The summed E-state index contributed by atoms with van der Waals surface area (Å²) >= 11 is 0. The molecule has 0 saturated carbocycles. The van der Waals surface area contributed by atoms with Crippen molar-refractivity contribution in [2.45, 2.75) is 33.6 Å². The number of non-ortho nitro benzene ring substituents is 1. The van der Waals surface area contributed by atoms with Crippen LogP contribution in [0.2, 0.25) is 0 Å². The van der Waals surface area contributed by atoms with Gasteiger partial charge in [0.15, 0.2) is 0 Å². The first-order chi connectivity index (χ1) is 16.8. The van der Waals surface area contributed by atoms with Gasteiger partial charge in [0, 0.05) is 58.0 Å². The molecule has 0 radical (unpaired) electrons. The third kappa shape index (κ3) is 7.43. The molecule has 1 aliphatic carbocycles. The van der Waals surface area contributed by atoms with Crippen molar-refractivity contribution in [2.75, 3.05) is 47.1 Å². The molecule has 0 N–H and O–H groups in total. The van der Waals surface area contributed by atoms with Crippen LogP contribution in [0, 0.1) is 33.8 Å². The van der Waals surface area contributed by atoms with E-state index in [-0.39, 0.29) is 5.69 Å². The van der Waals surface area contributed by atoms with Gasteiger partial charge in [0.1, 0.15) is 0 Å². The van der Waals surface area contributed by atoms with E-state index in [9.17, 15) is 10.1 Å². The van der Waals surface area contributed by atoms with E-state index >= 15 is 0 Å². The Bertz CT molecular complexity index is 964. The fraction of sp³-hybridized carbons (Fsp3) is 0.615. The lowest BCUT2D eigenvalue weighted by Crippen LogP contribution is -2.40. The average Bonchev–Trinajstić information content (AvgIpc) is 3.30. The van der Waals surface area contributed by atoms with Gasteiger partial charge in [0.2, 0.25) is 11.8 Å². The van der Waals surface area contributed by atoms with Crippen molar-refractivity contribution in [3.63, 3.8) is 0 Å². The molecule has 0 amide bonds. The van der Waals surface area contributed by atoms with Gasteiger partial charge in [0.25, 0.3) is 5.69 Å². The third-order valence-electron chi connectivity index (χ3n) is 6.99. The molecular formula is C26H38N4O5. The highest BCUT2D eigenvalue weighted by atomic mass is 16.6. The van der Waals surface area contributed by atoms with Gasteiger partial charge >= 0.3 is 0 Å². The summed E-state index contributed by atoms with van der Waals surface area (Å²) in [6.07, 6.45) is 4.21. The van der Waals surface area contributed by atoms with Crippen molar-refractivity contribution in [1.29, 1.82) is 0 Å². The third-order valence-corrected chi connectivity index (χ3v) is 6.99. The quantitative estimate of drug-likeness (QED) is 0.229. The molecule has 0 unspecified atom stereocenters. The normalized spacial score (nSPS) is 20.4. The number of aromatic nitrogens is 2. The molecule has 0 bridgehead atoms. The highest BCUT2D eigenvalue weighted by Crippen LogP contribution is 2.39. The number of ether oxygens (including phenoxy) is 2. The van der Waals surface area contributed by atoms with E-state index in [4.69, 9.17) is 13.9 Å². The Morgan fingerprint density at radius 1 is 1.14 bits per heavy atom. The molecule has 1 aromatic heterocycles. The van der Waals surface area contributed by atoms with Crippen LogP contribution >= 0.6 is 0 Å². The first kappa shape index (κ1) is 27.0. The molecule has 2 aromatic rings. The van der Waals surface area contributed by atoms with Gasteiger partial charge in [-0.25, -0.2) is 0 Å². The van der Waals surface area contributed by atoms with Crippen molar-refractivity contribution in [3.8, 4) is 11.5 Å². The minimum absolute atomic E-state index is 0.0359. The smallest absolute Gasteiger partial charge is 0.269 e. The summed E-state index contributed by atoms with van der Waals surface area (Å²) in [7, 11) is 3.48. The zero-order valence-corrected chi connectivity index (χ0v) is 21.5. The van der Waals surface area contributed by atoms with Gasteiger partial charge in [0.05, 0.1) is 18.1 Å². The minimum Gasteiger partial charge on any atom is -0.421 e. The zero-order valence-electron chi connectivity index (χ0n) is 21.5. The van der Waals surface area contributed by atoms with Crippen LogP contribution < -0.4 is 0 Å². The Hall–Kier alpha value is -2.62. The van der Waals surface area contributed by atoms with Crippen molar-refractivity contribution >= 4 is 5.69 Å². The molecule has 192 valence electrons. The van der Waals surface area contributed by atoms with Gasteiger partial charge in [-0.2, -0.15) is 0 Å². The summed E-state index contributed by atoms with van der Waals surface area (Å²) in [6.45, 7) is 11.0. The molecule has 0 spiro atoms. The molecule has 1 heterocycles. The second-order valence-corrected chi connectivity index (χ2v) is 9.71. The molecule has 0 fully saturated rings. The maximum Gasteiger partial charge on any atom is 0.269 e. The lowest BCUT2D eigenvalue weighted by Gasteiger charge is -2.39. The van der Waals surface area contributed by atoms with Crippen LogP contribution in [0.4, 0.5) is 5.69 Å².